The van der Waals surface area contributed by atoms with Crippen LogP contribution in [0.1, 0.15) is 168 Å². The SMILES string of the molecule is C/C1=C2N=C(/C=C3\N/C(=C(/C)C4=N[C@@](C)([C@@H]5N=C1[C@](C)(CCC(=O)NC[C@@H](C)OP(=O)(O)O[C@H]1[C@@H](O)[C@@H](n6cnc7cc(C)c(C)cc76)O[C@@H]1COC(=O)NCCC(=O)Cc1c(C)c6cc(S(=O)(=O)O)c(N)cc6oc1=O)[C@H]5CC(N)=O)[C@@](C)(CC(N)=O)[C@@H]4CCC(N)=O)[C@@](C)(CC(N)=O)[C@@H]3CCC(N)=O)C(C)(C)[C@@H]/2CCC(N)=O. The highest BCUT2D eigenvalue weighted by Crippen LogP contribution is 2.63. The van der Waals surface area contributed by atoms with Crippen LogP contribution in [0.2, 0.25) is 0 Å². The number of nitrogen functional groups attached to an aromatic ring is 1. The van der Waals surface area contributed by atoms with Crippen molar-refractivity contribution in [2.24, 2.45) is 94.7 Å². The number of rotatable bonds is 33. The van der Waals surface area contributed by atoms with E-state index in [9.17, 15) is 75.5 Å². The van der Waals surface area contributed by atoms with Crippen LogP contribution in [0.3, 0.4) is 0 Å². The highest BCUT2D eigenvalue weighted by Gasteiger charge is 2.66. The lowest BCUT2D eigenvalue weighted by atomic mass is 9.55. The molecule has 20 N–H and O–H groups in total. The second kappa shape index (κ2) is 33.0. The number of primary amides is 6. The van der Waals surface area contributed by atoms with Crippen molar-refractivity contribution in [2.75, 3.05) is 25.4 Å². The highest BCUT2D eigenvalue weighted by molar-refractivity contribution is 7.86. The predicted octanol–water partition coefficient (Wildman–Crippen LogP) is 4.34. The number of imidazole rings is 1. The number of aliphatic hydroxyl groups is 1. The molecule has 2 fully saturated rings. The molecule has 115 heavy (non-hydrogen) atoms. The highest BCUT2D eigenvalue weighted by atomic mass is 32.2. The molecule has 0 spiro atoms. The summed E-state index contributed by atoms with van der Waals surface area (Å²) in [5.74, 6) is -8.27. The minimum absolute atomic E-state index is 0.0249. The Morgan fingerprint density at radius 2 is 1.41 bits per heavy atom. The standard InChI is InChI=1S/C77H104N15O21PS/c1-35-23-50-51(24-36(35)2)92(34-87-50)70-65(101)66(53(110-70)33-109-72(103)85-22-20-41(93)25-43-38(4)42-26-54(115(106,107)108)48(78)28-52(42)111-71(43)102)113-114(104,105)112-37(3)32-86-62(100)19-21-74(9)47(27-59(82)97)69-77(12)76(11,31-61(84)99)46(15-18-58(81)96)64(91-77)40(6)68-75(10,30-60(83)98)44(13-16-56(79)94)49(88-68)29-55-73(7,8)45(14-17-57(80)95)63(89-55)39(5)67(74)90-69/h23-24,26,28-29,34,37,44-47,53,65-66,69-70,88,101H,13-22,25,27,30-33,78H2,1-12H3,(H2,79,94)(H2,80,95)(H2,81,96)(H2,82,97)(H2,83,98)(H2,84,99)(H,85,103)(H,86,100)(H,104,105)(H,106,107,108)/b49-29-,63-39-,68-40-/t37-,44-,45-,46-,47+,53-,65-,66-,69-,70+,74-,75+,76+,77+/m1/s1. The summed E-state index contributed by atoms with van der Waals surface area (Å²) in [6.07, 6.45) is -8.00. The van der Waals surface area contributed by atoms with Crippen LogP contribution in [0.25, 0.3) is 22.0 Å². The minimum atomic E-state index is -5.35. The number of nitrogens with two attached hydrogens (primary N) is 7. The molecule has 6 aliphatic rings. The van der Waals surface area contributed by atoms with E-state index in [1.165, 1.54) is 24.7 Å². The third-order valence-corrected chi connectivity index (χ3v) is 26.6. The number of hydrogen-bond donors (Lipinski definition) is 13. The van der Waals surface area contributed by atoms with Crippen LogP contribution in [0.4, 0.5) is 10.5 Å². The molecule has 0 aliphatic carbocycles. The molecule has 2 aromatic heterocycles. The summed E-state index contributed by atoms with van der Waals surface area (Å²) in [5.41, 5.74) is 40.9. The second-order valence-corrected chi connectivity index (χ2v) is 35.5. The van der Waals surface area contributed by atoms with E-state index in [1.807, 2.05) is 47.6 Å². The Balaban J connectivity index is 0.922. The number of allylic oxidation sites excluding steroid dienone is 6. The number of carbonyl (C=O) groups is 9. The molecule has 15 atom stereocenters. The van der Waals surface area contributed by atoms with Gasteiger partial charge in [-0.2, -0.15) is 8.42 Å². The lowest BCUT2D eigenvalue weighted by molar-refractivity contribution is -0.124. The van der Waals surface area contributed by atoms with Crippen LogP contribution < -0.4 is 61.7 Å². The summed E-state index contributed by atoms with van der Waals surface area (Å²) in [6.45, 7) is 19.8. The summed E-state index contributed by atoms with van der Waals surface area (Å²) in [5, 5.41) is 21.0. The van der Waals surface area contributed by atoms with Crippen molar-refractivity contribution in [1.29, 1.82) is 0 Å². The third-order valence-electron chi connectivity index (χ3n) is 24.5. The molecule has 2 saturated heterocycles. The zero-order valence-electron chi connectivity index (χ0n) is 66.4. The number of nitrogens with one attached hydrogen (secondary N) is 3. The number of phosphoric acid groups is 1. The molecule has 0 radical (unpaired) electrons. The number of anilines is 1. The Morgan fingerprint density at radius 3 is 2.03 bits per heavy atom. The molecular formula is C77H104N15O21PS. The number of fused-ring (bicyclic) bond motifs is 8. The van der Waals surface area contributed by atoms with Crippen molar-refractivity contribution in [2.45, 2.75) is 214 Å². The number of ketones is 1. The average Bonchev–Trinajstić information content (AvgIpc) is 1.53. The van der Waals surface area contributed by atoms with Gasteiger partial charge in [0.15, 0.2) is 6.23 Å². The Kier molecular flexibility index (Phi) is 25.1. The summed E-state index contributed by atoms with van der Waals surface area (Å²) in [6, 6.07) is 4.56. The van der Waals surface area contributed by atoms with Gasteiger partial charge in [0.25, 0.3) is 10.1 Å². The lowest BCUT2D eigenvalue weighted by Gasteiger charge is -2.48. The summed E-state index contributed by atoms with van der Waals surface area (Å²) < 4.78 is 77.9. The lowest BCUT2D eigenvalue weighted by Crippen LogP contribution is -2.56. The normalized spacial score (nSPS) is 29.4. The number of Topliss-reactive ketones (excluding diaryl/α,β-unsaturated/α-hetero) is 1. The minimum Gasteiger partial charge on any atom is -0.447 e. The van der Waals surface area contributed by atoms with Crippen molar-refractivity contribution in [3.63, 3.8) is 0 Å². The van der Waals surface area contributed by atoms with Crippen LogP contribution in [0.5, 0.6) is 0 Å². The van der Waals surface area contributed by atoms with Gasteiger partial charge in [-0.1, -0.05) is 34.6 Å². The topological polar surface area (TPSA) is 606 Å². The maximum Gasteiger partial charge on any atom is 0.472 e. The van der Waals surface area contributed by atoms with Gasteiger partial charge in [0.2, 0.25) is 41.4 Å². The van der Waals surface area contributed by atoms with E-state index < -0.39 is 189 Å². The van der Waals surface area contributed by atoms with Crippen molar-refractivity contribution in [1.82, 2.24) is 25.5 Å². The van der Waals surface area contributed by atoms with Gasteiger partial charge in [-0.15, -0.1) is 0 Å². The molecular weight excluding hydrogens is 1530 g/mol. The van der Waals surface area contributed by atoms with E-state index in [0.717, 1.165) is 23.3 Å². The molecule has 8 amide bonds. The van der Waals surface area contributed by atoms with E-state index in [2.05, 4.69) is 20.9 Å². The number of aliphatic imine (C=N–C) groups is 3. The van der Waals surface area contributed by atoms with Gasteiger partial charge in [0, 0.05) is 167 Å². The zero-order valence-corrected chi connectivity index (χ0v) is 68.1. The van der Waals surface area contributed by atoms with Gasteiger partial charge >= 0.3 is 19.5 Å². The van der Waals surface area contributed by atoms with Crippen LogP contribution >= 0.6 is 7.82 Å². The van der Waals surface area contributed by atoms with Gasteiger partial charge in [-0.05, 0) is 126 Å². The quantitative estimate of drug-likeness (QED) is 0.0136. The number of phosphoric ester groups is 1. The fourth-order valence-corrected chi connectivity index (χ4v) is 19.9. The molecule has 4 aromatic rings. The number of aryl methyl sites for hydroxylation is 3. The fourth-order valence-electron chi connectivity index (χ4n) is 18.1. The van der Waals surface area contributed by atoms with Crippen LogP contribution in [-0.2, 0) is 78.0 Å². The fraction of sp³-hybridized carbons (Fsp3) is 0.558. The third kappa shape index (κ3) is 17.6. The predicted molar refractivity (Wildman–Crippen MR) is 421 cm³/mol. The molecule has 8 bridgehead atoms. The van der Waals surface area contributed by atoms with E-state index >= 15 is 0 Å². The van der Waals surface area contributed by atoms with E-state index in [-0.39, 0.29) is 111 Å². The van der Waals surface area contributed by atoms with Gasteiger partial charge in [0.1, 0.15) is 41.2 Å². The smallest absolute Gasteiger partial charge is 0.447 e. The molecule has 6 aliphatic heterocycles. The summed E-state index contributed by atoms with van der Waals surface area (Å²) in [4.78, 5) is 166. The molecule has 36 nitrogen and oxygen atoms in total. The Hall–Kier alpha value is -9.88. The van der Waals surface area contributed by atoms with Crippen LogP contribution in [0.15, 0.2) is 94.0 Å². The van der Waals surface area contributed by atoms with Gasteiger partial charge in [-0.25, -0.2) is 19.1 Å². The Morgan fingerprint density at radius 1 is 0.783 bits per heavy atom. The first-order valence-electron chi connectivity index (χ1n) is 37.8. The maximum atomic E-state index is 14.7. The zero-order chi connectivity index (χ0) is 85.1. The molecule has 2 aromatic carbocycles. The summed E-state index contributed by atoms with van der Waals surface area (Å²) >= 11 is 0. The molecule has 38 heteroatoms. The molecule has 10 rings (SSSR count). The maximum absolute atomic E-state index is 14.7. The Labute approximate surface area is 663 Å². The second-order valence-electron chi connectivity index (χ2n) is 32.7. The first-order valence-corrected chi connectivity index (χ1v) is 40.8. The molecule has 8 heterocycles. The number of ether oxygens (including phenoxy) is 2. The van der Waals surface area contributed by atoms with Gasteiger partial charge in [0.05, 0.1) is 40.7 Å². The average molecular weight is 1640 g/mol. The van der Waals surface area contributed by atoms with Crippen molar-refractivity contribution in [3.8, 4) is 0 Å². The van der Waals surface area contributed by atoms with E-state index in [1.54, 1.807) is 39.8 Å². The van der Waals surface area contributed by atoms with Crippen molar-refractivity contribution >= 4 is 116 Å². The van der Waals surface area contributed by atoms with Gasteiger partial charge < -0.3 is 84.5 Å². The number of aromatic nitrogens is 2. The first-order chi connectivity index (χ1) is 53.5. The van der Waals surface area contributed by atoms with Crippen LogP contribution in [0, 0.1) is 66.1 Å². The Bertz CT molecular complexity index is 5140. The van der Waals surface area contributed by atoms with E-state index in [0.29, 0.717) is 56.4 Å². The van der Waals surface area contributed by atoms with Gasteiger partial charge in [-0.3, -0.25) is 66.9 Å². The van der Waals surface area contributed by atoms with Crippen molar-refractivity contribution < 1.29 is 93.6 Å². The van der Waals surface area contributed by atoms with Crippen LogP contribution in [-0.4, -0.2) is 159 Å². The van der Waals surface area contributed by atoms with E-state index in [4.69, 9.17) is 78.1 Å². The number of aliphatic hydroxyl groups excluding tert-OH is 1. The molecule has 624 valence electrons. The number of amides is 8. The monoisotopic (exact) mass is 1640 g/mol. The number of alkyl carbamates (subject to hydrolysis) is 1. The first kappa shape index (κ1) is 87.5. The number of carbonyl (C=O) groups excluding carboxylic acids is 9. The van der Waals surface area contributed by atoms with Crippen molar-refractivity contribution in [3.05, 3.63) is 97.6 Å². The largest absolute Gasteiger partial charge is 0.472 e. The molecule has 1 unspecified atom stereocenters. The number of benzene rings is 2. The number of nitrogens with zero attached hydrogens (tertiary/aromatic N) is 5. The number of hydrogen-bond acceptors (Lipinski definition) is 25. The summed E-state index contributed by atoms with van der Waals surface area (Å²) in [7, 11) is -10.1. The molecule has 0 saturated carbocycles.